The molecule has 10 nitrogen and oxygen atoms in total. The molecule has 0 saturated carbocycles. The highest BCUT2D eigenvalue weighted by Gasteiger charge is 2.22. The molecule has 1 N–H and O–H groups in total. The van der Waals surface area contributed by atoms with Gasteiger partial charge in [-0.3, -0.25) is 19.4 Å². The summed E-state index contributed by atoms with van der Waals surface area (Å²) in [6.45, 7) is 7.75. The van der Waals surface area contributed by atoms with Crippen molar-refractivity contribution in [3.05, 3.63) is 54.4 Å². The van der Waals surface area contributed by atoms with Gasteiger partial charge in [0.15, 0.2) is 0 Å². The Hall–Kier alpha value is -3.92. The number of hydrogen-bond acceptors (Lipinski definition) is 7. The van der Waals surface area contributed by atoms with E-state index in [9.17, 15) is 9.59 Å². The molecular formula is C26H30N6O4. The molecule has 2 aliphatic heterocycles. The van der Waals surface area contributed by atoms with E-state index in [0.29, 0.717) is 45.1 Å². The minimum atomic E-state index is -0.235. The first kappa shape index (κ1) is 23.8. The second kappa shape index (κ2) is 10.8. The fourth-order valence-corrected chi connectivity index (χ4v) is 4.43. The summed E-state index contributed by atoms with van der Waals surface area (Å²) in [5, 5.41) is 7.45. The van der Waals surface area contributed by atoms with Crippen LogP contribution in [0.3, 0.4) is 0 Å². The van der Waals surface area contributed by atoms with E-state index in [1.54, 1.807) is 15.8 Å². The monoisotopic (exact) mass is 490 g/mol. The summed E-state index contributed by atoms with van der Waals surface area (Å²) in [6, 6.07) is 13.6. The van der Waals surface area contributed by atoms with Crippen LogP contribution in [0.25, 0.3) is 22.5 Å². The van der Waals surface area contributed by atoms with Crippen molar-refractivity contribution in [2.45, 2.75) is 13.5 Å². The Morgan fingerprint density at radius 1 is 1.03 bits per heavy atom. The van der Waals surface area contributed by atoms with Crippen LogP contribution in [0.1, 0.15) is 17.4 Å². The van der Waals surface area contributed by atoms with Crippen LogP contribution in [-0.4, -0.2) is 89.0 Å². The summed E-state index contributed by atoms with van der Waals surface area (Å²) < 4.78 is 12.9. The van der Waals surface area contributed by atoms with Crippen LogP contribution in [0.5, 0.6) is 5.75 Å². The first-order chi connectivity index (χ1) is 17.6. The number of carbonyl (C=O) groups excluding carboxylic acids is 2. The Labute approximate surface area is 209 Å². The predicted octanol–water partition coefficient (Wildman–Crippen LogP) is 2.51. The van der Waals surface area contributed by atoms with Crippen molar-refractivity contribution in [1.29, 1.82) is 0 Å². The third-order valence-corrected chi connectivity index (χ3v) is 6.38. The van der Waals surface area contributed by atoms with Crippen molar-refractivity contribution in [1.82, 2.24) is 29.9 Å². The lowest BCUT2D eigenvalue weighted by Crippen LogP contribution is -2.49. The predicted molar refractivity (Wildman–Crippen MR) is 134 cm³/mol. The van der Waals surface area contributed by atoms with Gasteiger partial charge in [-0.25, -0.2) is 4.79 Å². The Morgan fingerprint density at radius 2 is 1.86 bits per heavy atom. The SMILES string of the molecule is CCOC(=O)N1CCN(CCOc2cccc(-c3cc(-c4cc5n(n4)CCNC5=O)ccn3)c2)CC1. The van der Waals surface area contributed by atoms with Gasteiger partial charge >= 0.3 is 6.09 Å². The summed E-state index contributed by atoms with van der Waals surface area (Å²) >= 11 is 0. The lowest BCUT2D eigenvalue weighted by Gasteiger charge is -2.33. The zero-order chi connectivity index (χ0) is 24.9. The second-order valence-corrected chi connectivity index (χ2v) is 8.73. The molecular weight excluding hydrogens is 460 g/mol. The first-order valence-electron chi connectivity index (χ1n) is 12.3. The van der Waals surface area contributed by atoms with Crippen LogP contribution in [0.15, 0.2) is 48.7 Å². The molecule has 188 valence electrons. The van der Waals surface area contributed by atoms with Crippen LogP contribution < -0.4 is 10.1 Å². The van der Waals surface area contributed by atoms with Crippen LogP contribution in [0.4, 0.5) is 4.79 Å². The van der Waals surface area contributed by atoms with Gasteiger partial charge in [0.1, 0.15) is 18.1 Å². The van der Waals surface area contributed by atoms with E-state index in [4.69, 9.17) is 9.47 Å². The molecule has 10 heteroatoms. The third kappa shape index (κ3) is 5.33. The number of nitrogens with zero attached hydrogens (tertiary/aromatic N) is 5. The Kier molecular flexibility index (Phi) is 7.13. The number of nitrogens with one attached hydrogen (secondary N) is 1. The van der Waals surface area contributed by atoms with Gasteiger partial charge < -0.3 is 19.7 Å². The normalized spacial score (nSPS) is 15.8. The molecule has 36 heavy (non-hydrogen) atoms. The minimum absolute atomic E-state index is 0.0972. The maximum atomic E-state index is 12.1. The molecule has 1 fully saturated rings. The number of rotatable bonds is 7. The summed E-state index contributed by atoms with van der Waals surface area (Å²) in [4.78, 5) is 32.5. The molecule has 2 aromatic heterocycles. The fraction of sp³-hybridized carbons (Fsp3) is 0.385. The van der Waals surface area contributed by atoms with Gasteiger partial charge in [0, 0.05) is 56.6 Å². The van der Waals surface area contributed by atoms with E-state index < -0.39 is 0 Å². The number of hydrogen-bond donors (Lipinski definition) is 1. The molecule has 1 aromatic carbocycles. The second-order valence-electron chi connectivity index (χ2n) is 8.73. The van der Waals surface area contributed by atoms with E-state index in [-0.39, 0.29) is 12.0 Å². The maximum absolute atomic E-state index is 12.1. The summed E-state index contributed by atoms with van der Waals surface area (Å²) in [6.07, 6.45) is 1.52. The Morgan fingerprint density at radius 3 is 2.67 bits per heavy atom. The fourth-order valence-electron chi connectivity index (χ4n) is 4.43. The van der Waals surface area contributed by atoms with Gasteiger partial charge in [-0.05, 0) is 37.3 Å². The number of amides is 2. The lowest BCUT2D eigenvalue weighted by molar-refractivity contribution is 0.0757. The van der Waals surface area contributed by atoms with E-state index in [1.165, 1.54) is 0 Å². The van der Waals surface area contributed by atoms with E-state index in [2.05, 4.69) is 20.3 Å². The van der Waals surface area contributed by atoms with Gasteiger partial charge in [-0.2, -0.15) is 5.10 Å². The average Bonchev–Trinajstić information content (AvgIpc) is 3.36. The van der Waals surface area contributed by atoms with Crippen LogP contribution in [0.2, 0.25) is 0 Å². The van der Waals surface area contributed by atoms with E-state index in [0.717, 1.165) is 47.9 Å². The molecule has 1 saturated heterocycles. The van der Waals surface area contributed by atoms with Crippen LogP contribution in [-0.2, 0) is 11.3 Å². The molecule has 0 atom stereocenters. The number of aromatic nitrogens is 3. The number of carbonyl (C=O) groups is 2. The van der Waals surface area contributed by atoms with E-state index >= 15 is 0 Å². The zero-order valence-corrected chi connectivity index (χ0v) is 20.4. The number of fused-ring (bicyclic) bond motifs is 1. The smallest absolute Gasteiger partial charge is 0.409 e. The van der Waals surface area contributed by atoms with Crippen molar-refractivity contribution in [2.75, 3.05) is 52.5 Å². The molecule has 2 aliphatic rings. The summed E-state index contributed by atoms with van der Waals surface area (Å²) in [5.74, 6) is 0.680. The van der Waals surface area contributed by atoms with Crippen molar-refractivity contribution in [3.63, 3.8) is 0 Å². The molecule has 0 unspecified atom stereocenters. The van der Waals surface area contributed by atoms with Crippen LogP contribution >= 0.6 is 0 Å². The van der Waals surface area contributed by atoms with Crippen molar-refractivity contribution >= 4 is 12.0 Å². The Balaban J connectivity index is 1.19. The average molecular weight is 491 g/mol. The maximum Gasteiger partial charge on any atom is 0.409 e. The number of pyridine rings is 1. The molecule has 2 amide bonds. The topological polar surface area (TPSA) is 102 Å². The van der Waals surface area contributed by atoms with Crippen molar-refractivity contribution in [3.8, 4) is 28.3 Å². The highest BCUT2D eigenvalue weighted by atomic mass is 16.6. The standard InChI is InChI=1S/C26H30N6O4/c1-2-35-26(34)31-12-10-30(11-13-31)14-15-36-21-5-3-4-19(16-21)22-17-20(6-7-27-22)23-18-24-25(33)28-8-9-32(24)29-23/h3-7,16-18H,2,8-15H2,1H3,(H,28,33). The largest absolute Gasteiger partial charge is 0.492 e. The minimum Gasteiger partial charge on any atom is -0.492 e. The molecule has 0 aliphatic carbocycles. The molecule has 0 spiro atoms. The van der Waals surface area contributed by atoms with Gasteiger partial charge in [0.05, 0.1) is 24.5 Å². The number of piperazine rings is 1. The lowest BCUT2D eigenvalue weighted by atomic mass is 10.1. The van der Waals surface area contributed by atoms with Crippen LogP contribution in [0, 0.1) is 0 Å². The molecule has 4 heterocycles. The van der Waals surface area contributed by atoms with Gasteiger partial charge in [-0.15, -0.1) is 0 Å². The molecule has 3 aromatic rings. The number of benzene rings is 1. The summed E-state index contributed by atoms with van der Waals surface area (Å²) in [5.41, 5.74) is 3.99. The van der Waals surface area contributed by atoms with Crippen molar-refractivity contribution < 1.29 is 19.1 Å². The molecule has 0 bridgehead atoms. The third-order valence-electron chi connectivity index (χ3n) is 6.38. The van der Waals surface area contributed by atoms with E-state index in [1.807, 2.05) is 49.4 Å². The first-order valence-corrected chi connectivity index (χ1v) is 12.3. The quantitative estimate of drug-likeness (QED) is 0.543. The van der Waals surface area contributed by atoms with Gasteiger partial charge in [0.2, 0.25) is 0 Å². The van der Waals surface area contributed by atoms with Gasteiger partial charge in [-0.1, -0.05) is 12.1 Å². The molecule has 5 rings (SSSR count). The number of ether oxygens (including phenoxy) is 2. The Bertz CT molecular complexity index is 1230. The van der Waals surface area contributed by atoms with Gasteiger partial charge in [0.25, 0.3) is 5.91 Å². The van der Waals surface area contributed by atoms with Crippen molar-refractivity contribution in [2.24, 2.45) is 0 Å². The zero-order valence-electron chi connectivity index (χ0n) is 20.4. The highest BCUT2D eigenvalue weighted by Crippen LogP contribution is 2.27. The summed E-state index contributed by atoms with van der Waals surface area (Å²) in [7, 11) is 0. The highest BCUT2D eigenvalue weighted by molar-refractivity contribution is 5.94. The molecule has 0 radical (unpaired) electrons.